The quantitative estimate of drug-likeness (QED) is 0.667. The van der Waals surface area contributed by atoms with Gasteiger partial charge in [-0.3, -0.25) is 0 Å². The summed E-state index contributed by atoms with van der Waals surface area (Å²) in [5.41, 5.74) is 12.3. The predicted molar refractivity (Wildman–Crippen MR) is 100 cm³/mol. The lowest BCUT2D eigenvalue weighted by Crippen LogP contribution is -2.28. The van der Waals surface area contributed by atoms with E-state index in [-0.39, 0.29) is 0 Å². The SMILES string of the molecule is CC(C)(C)[C@@H]1CCc2nc3sc4c(c3c(N)c2C1)CCCCC4. The van der Waals surface area contributed by atoms with E-state index in [9.17, 15) is 0 Å². The Kier molecular flexibility index (Phi) is 3.67. The van der Waals surface area contributed by atoms with Gasteiger partial charge in [0.25, 0.3) is 0 Å². The molecule has 4 rings (SSSR count). The summed E-state index contributed by atoms with van der Waals surface area (Å²) < 4.78 is 0. The van der Waals surface area contributed by atoms with Crippen molar-refractivity contribution in [2.24, 2.45) is 11.3 Å². The van der Waals surface area contributed by atoms with E-state index in [2.05, 4.69) is 20.8 Å². The Bertz CT molecular complexity index is 751. The number of hydrogen-bond donors (Lipinski definition) is 1. The number of fused-ring (bicyclic) bond motifs is 4. The molecule has 2 nitrogen and oxygen atoms in total. The topological polar surface area (TPSA) is 38.9 Å². The summed E-state index contributed by atoms with van der Waals surface area (Å²) in [6.07, 6.45) is 9.87. The molecule has 2 aliphatic rings. The number of nitrogens with zero attached hydrogens (tertiary/aromatic N) is 1. The zero-order valence-electron chi connectivity index (χ0n) is 14.7. The average Bonchev–Trinajstić information content (AvgIpc) is 2.68. The van der Waals surface area contributed by atoms with Gasteiger partial charge in [-0.2, -0.15) is 0 Å². The average molecular weight is 329 g/mol. The van der Waals surface area contributed by atoms with Gasteiger partial charge in [0.1, 0.15) is 4.83 Å². The third kappa shape index (κ3) is 2.57. The number of nitrogens with two attached hydrogens (primary N) is 1. The highest BCUT2D eigenvalue weighted by molar-refractivity contribution is 7.19. The molecule has 2 heterocycles. The van der Waals surface area contributed by atoms with Crippen LogP contribution in [0, 0.1) is 11.3 Å². The van der Waals surface area contributed by atoms with Crippen LogP contribution in [-0.4, -0.2) is 4.98 Å². The minimum atomic E-state index is 0.352. The van der Waals surface area contributed by atoms with Crippen molar-refractivity contribution in [3.63, 3.8) is 0 Å². The second-order valence-corrected chi connectivity index (χ2v) is 9.58. The van der Waals surface area contributed by atoms with E-state index < -0.39 is 0 Å². The maximum atomic E-state index is 6.73. The molecule has 2 aromatic rings. The molecule has 0 bridgehead atoms. The van der Waals surface area contributed by atoms with Gasteiger partial charge in [-0.15, -0.1) is 11.3 Å². The highest BCUT2D eigenvalue weighted by Gasteiger charge is 2.32. The van der Waals surface area contributed by atoms with Gasteiger partial charge < -0.3 is 5.73 Å². The van der Waals surface area contributed by atoms with Crippen LogP contribution < -0.4 is 5.73 Å². The number of pyridine rings is 1. The molecular formula is C20H28N2S. The lowest BCUT2D eigenvalue weighted by Gasteiger charge is -2.35. The lowest BCUT2D eigenvalue weighted by atomic mass is 9.71. The molecule has 23 heavy (non-hydrogen) atoms. The predicted octanol–water partition coefficient (Wildman–Crippen LogP) is 5.30. The Hall–Kier alpha value is -1.09. The summed E-state index contributed by atoms with van der Waals surface area (Å²) in [5.74, 6) is 0.716. The molecule has 2 aromatic heterocycles. The maximum Gasteiger partial charge on any atom is 0.126 e. The Morgan fingerprint density at radius 2 is 1.83 bits per heavy atom. The van der Waals surface area contributed by atoms with Crippen LogP contribution in [0.5, 0.6) is 0 Å². The first-order chi connectivity index (χ1) is 10.9. The van der Waals surface area contributed by atoms with Gasteiger partial charge in [-0.1, -0.05) is 27.2 Å². The fourth-order valence-corrected chi connectivity index (χ4v) is 5.71. The van der Waals surface area contributed by atoms with Gasteiger partial charge in [0, 0.05) is 21.6 Å². The van der Waals surface area contributed by atoms with Crippen molar-refractivity contribution in [2.75, 3.05) is 5.73 Å². The fraction of sp³-hybridized carbons (Fsp3) is 0.650. The van der Waals surface area contributed by atoms with E-state index in [1.165, 1.54) is 65.6 Å². The van der Waals surface area contributed by atoms with E-state index in [1.54, 1.807) is 4.88 Å². The number of thiophene rings is 1. The Morgan fingerprint density at radius 3 is 2.61 bits per heavy atom. The highest BCUT2D eigenvalue weighted by atomic mass is 32.1. The number of anilines is 1. The van der Waals surface area contributed by atoms with Crippen molar-refractivity contribution < 1.29 is 0 Å². The van der Waals surface area contributed by atoms with Crippen LogP contribution in [0.15, 0.2) is 0 Å². The summed E-state index contributed by atoms with van der Waals surface area (Å²) in [5, 5.41) is 1.32. The number of aromatic nitrogens is 1. The summed E-state index contributed by atoms with van der Waals surface area (Å²) in [4.78, 5) is 7.84. The molecule has 0 fully saturated rings. The molecule has 2 N–H and O–H groups in total. The molecule has 0 aliphatic heterocycles. The number of nitrogen functional groups attached to an aromatic ring is 1. The number of aryl methyl sites for hydroxylation is 3. The lowest BCUT2D eigenvalue weighted by molar-refractivity contribution is 0.215. The smallest absolute Gasteiger partial charge is 0.126 e. The third-order valence-corrected chi connectivity index (χ3v) is 7.17. The van der Waals surface area contributed by atoms with Gasteiger partial charge in [0.15, 0.2) is 0 Å². The summed E-state index contributed by atoms with van der Waals surface area (Å²) in [6, 6.07) is 0. The fourth-order valence-electron chi connectivity index (χ4n) is 4.41. The van der Waals surface area contributed by atoms with Crippen LogP contribution in [0.1, 0.15) is 68.2 Å². The molecule has 0 radical (unpaired) electrons. The standard InChI is InChI=1S/C20H28N2S/c1-20(2,3)12-9-10-15-14(11-12)18(21)17-13-7-5-4-6-8-16(13)23-19(17)22-15/h12H,4-11H2,1-3H3,(H2,21,22)/t12-/m1/s1. The first-order valence-corrected chi connectivity index (χ1v) is 9.98. The van der Waals surface area contributed by atoms with Crippen molar-refractivity contribution in [3.8, 4) is 0 Å². The van der Waals surface area contributed by atoms with Gasteiger partial charge in [-0.05, 0) is 67.4 Å². The van der Waals surface area contributed by atoms with Crippen LogP contribution in [0.2, 0.25) is 0 Å². The van der Waals surface area contributed by atoms with E-state index >= 15 is 0 Å². The minimum Gasteiger partial charge on any atom is -0.398 e. The van der Waals surface area contributed by atoms with Gasteiger partial charge in [0.05, 0.1) is 0 Å². The van der Waals surface area contributed by atoms with E-state index in [0.717, 1.165) is 18.5 Å². The van der Waals surface area contributed by atoms with Crippen molar-refractivity contribution >= 4 is 27.2 Å². The molecule has 124 valence electrons. The zero-order valence-corrected chi connectivity index (χ0v) is 15.5. The van der Waals surface area contributed by atoms with Crippen molar-refractivity contribution in [1.82, 2.24) is 4.98 Å². The molecule has 0 unspecified atom stereocenters. The van der Waals surface area contributed by atoms with Gasteiger partial charge >= 0.3 is 0 Å². The monoisotopic (exact) mass is 328 g/mol. The van der Waals surface area contributed by atoms with Crippen LogP contribution in [0.4, 0.5) is 5.69 Å². The van der Waals surface area contributed by atoms with E-state index in [0.29, 0.717) is 11.3 Å². The van der Waals surface area contributed by atoms with Crippen molar-refractivity contribution in [2.45, 2.75) is 72.1 Å². The van der Waals surface area contributed by atoms with Gasteiger partial charge in [-0.25, -0.2) is 4.98 Å². The number of hydrogen-bond acceptors (Lipinski definition) is 3. The molecular weight excluding hydrogens is 300 g/mol. The Labute approximate surface area is 143 Å². The van der Waals surface area contributed by atoms with Crippen LogP contribution in [-0.2, 0) is 25.7 Å². The first kappa shape index (κ1) is 15.4. The van der Waals surface area contributed by atoms with Crippen molar-refractivity contribution in [3.05, 3.63) is 21.7 Å². The van der Waals surface area contributed by atoms with E-state index in [4.69, 9.17) is 10.7 Å². The largest absolute Gasteiger partial charge is 0.398 e. The van der Waals surface area contributed by atoms with Crippen LogP contribution >= 0.6 is 11.3 Å². The number of rotatable bonds is 0. The normalized spacial score (nSPS) is 21.8. The molecule has 0 spiro atoms. The van der Waals surface area contributed by atoms with Gasteiger partial charge in [0.2, 0.25) is 0 Å². The molecule has 0 saturated carbocycles. The summed E-state index contributed by atoms with van der Waals surface area (Å²) in [6.45, 7) is 7.09. The van der Waals surface area contributed by atoms with Crippen LogP contribution in [0.25, 0.3) is 10.2 Å². The van der Waals surface area contributed by atoms with Crippen LogP contribution in [0.3, 0.4) is 0 Å². The molecule has 0 aromatic carbocycles. The molecule has 3 heteroatoms. The molecule has 2 aliphatic carbocycles. The summed E-state index contributed by atoms with van der Waals surface area (Å²) >= 11 is 1.92. The second-order valence-electron chi connectivity index (χ2n) is 8.50. The molecule has 0 saturated heterocycles. The Balaban J connectivity index is 1.85. The minimum absolute atomic E-state index is 0.352. The second kappa shape index (κ2) is 5.47. The third-order valence-electron chi connectivity index (χ3n) is 5.99. The Morgan fingerprint density at radius 1 is 1.04 bits per heavy atom. The first-order valence-electron chi connectivity index (χ1n) is 9.16. The highest BCUT2D eigenvalue weighted by Crippen LogP contribution is 2.44. The zero-order chi connectivity index (χ0) is 16.2. The van der Waals surface area contributed by atoms with E-state index in [1.807, 2.05) is 11.3 Å². The summed E-state index contributed by atoms with van der Waals surface area (Å²) in [7, 11) is 0. The maximum absolute atomic E-state index is 6.73. The van der Waals surface area contributed by atoms with Crippen molar-refractivity contribution in [1.29, 1.82) is 0 Å². The molecule has 0 amide bonds. The molecule has 1 atom stereocenters.